The average Bonchev–Trinajstić information content (AvgIpc) is 2.38. The number of nitrogens with two attached hydrogens (primary N) is 1. The van der Waals surface area contributed by atoms with Crippen LogP contribution in [0.4, 0.5) is 0 Å². The Morgan fingerprint density at radius 2 is 2.29 bits per heavy atom. The molecule has 3 atom stereocenters. The fourth-order valence-corrected chi connectivity index (χ4v) is 3.29. The van der Waals surface area contributed by atoms with Gasteiger partial charge in [0.25, 0.3) is 0 Å². The van der Waals surface area contributed by atoms with E-state index in [0.29, 0.717) is 5.92 Å². The number of hydrogen-bond acceptors (Lipinski definition) is 2. The molecule has 0 aliphatic heterocycles. The smallest absolute Gasteiger partial charge is 0.0410 e. The molecule has 3 heteroatoms. The van der Waals surface area contributed by atoms with Gasteiger partial charge in [-0.25, -0.2) is 0 Å². The molecule has 0 saturated heterocycles. The lowest BCUT2D eigenvalue weighted by Crippen LogP contribution is -2.26. The van der Waals surface area contributed by atoms with E-state index in [2.05, 4.69) is 33.9 Å². The summed E-state index contributed by atoms with van der Waals surface area (Å²) in [6.45, 7) is 2.29. The molecule has 0 radical (unpaired) electrons. The Kier molecular flexibility index (Phi) is 4.57. The Morgan fingerprint density at radius 1 is 1.47 bits per heavy atom. The Bertz CT molecular complexity index is 367. The lowest BCUT2D eigenvalue weighted by atomic mass is 9.76. The summed E-state index contributed by atoms with van der Waals surface area (Å²) in [6.07, 6.45) is 10.3. The van der Waals surface area contributed by atoms with Gasteiger partial charge in [0.05, 0.1) is 0 Å². The first kappa shape index (κ1) is 13.0. The zero-order chi connectivity index (χ0) is 12.3. The van der Waals surface area contributed by atoms with Crippen LogP contribution in [0.25, 0.3) is 0 Å². The molecule has 0 aromatic carbocycles. The lowest BCUT2D eigenvalue weighted by molar-refractivity contribution is 0.230. The van der Waals surface area contributed by atoms with Gasteiger partial charge < -0.3 is 5.73 Å². The van der Waals surface area contributed by atoms with Crippen molar-refractivity contribution >= 4 is 15.9 Å². The first-order valence-electron chi connectivity index (χ1n) is 6.56. The van der Waals surface area contributed by atoms with Gasteiger partial charge in [-0.2, -0.15) is 0 Å². The molecule has 3 unspecified atom stereocenters. The van der Waals surface area contributed by atoms with Crippen molar-refractivity contribution in [2.75, 3.05) is 0 Å². The van der Waals surface area contributed by atoms with Crippen molar-refractivity contribution in [3.63, 3.8) is 0 Å². The summed E-state index contributed by atoms with van der Waals surface area (Å²) in [5.74, 6) is 1.50. The fraction of sp³-hybridized carbons (Fsp3) is 0.643. The number of aromatic nitrogens is 1. The van der Waals surface area contributed by atoms with Gasteiger partial charge in [-0.3, -0.25) is 4.98 Å². The van der Waals surface area contributed by atoms with Crippen LogP contribution in [0.3, 0.4) is 0 Å². The Morgan fingerprint density at radius 3 is 3.00 bits per heavy atom. The molecule has 2 N–H and O–H groups in total. The lowest BCUT2D eigenvalue weighted by Gasteiger charge is -2.32. The van der Waals surface area contributed by atoms with Crippen molar-refractivity contribution in [3.05, 3.63) is 28.5 Å². The Balaban J connectivity index is 2.06. The van der Waals surface area contributed by atoms with Crippen molar-refractivity contribution in [3.8, 4) is 0 Å². The number of hydrogen-bond donors (Lipinski definition) is 1. The predicted octanol–water partition coefficient (Wildman–Crippen LogP) is 4.06. The van der Waals surface area contributed by atoms with Crippen LogP contribution in [0.5, 0.6) is 0 Å². The minimum absolute atomic E-state index is 0.148. The van der Waals surface area contributed by atoms with Crippen LogP contribution >= 0.6 is 15.9 Å². The minimum atomic E-state index is 0.148. The van der Waals surface area contributed by atoms with Crippen molar-refractivity contribution in [1.82, 2.24) is 4.98 Å². The summed E-state index contributed by atoms with van der Waals surface area (Å²) in [6, 6.07) is 2.25. The highest BCUT2D eigenvalue weighted by Gasteiger charge is 2.26. The second-order valence-corrected chi connectivity index (χ2v) is 6.08. The van der Waals surface area contributed by atoms with Crippen LogP contribution < -0.4 is 5.73 Å². The van der Waals surface area contributed by atoms with Gasteiger partial charge in [-0.1, -0.05) is 26.2 Å². The molecule has 0 bridgehead atoms. The molecule has 0 amide bonds. The molecular weight excluding hydrogens is 276 g/mol. The molecule has 2 nitrogen and oxygen atoms in total. The molecule has 1 aliphatic rings. The van der Waals surface area contributed by atoms with Gasteiger partial charge in [0.1, 0.15) is 0 Å². The van der Waals surface area contributed by atoms with E-state index in [1.54, 1.807) is 0 Å². The normalized spacial score (nSPS) is 26.8. The Hall–Kier alpha value is -0.410. The summed E-state index contributed by atoms with van der Waals surface area (Å²) in [4.78, 5) is 4.21. The van der Waals surface area contributed by atoms with E-state index in [4.69, 9.17) is 5.73 Å². The maximum absolute atomic E-state index is 6.39. The van der Waals surface area contributed by atoms with E-state index in [0.717, 1.165) is 10.4 Å². The molecule has 2 rings (SSSR count). The van der Waals surface area contributed by atoms with Crippen LogP contribution in [0.1, 0.15) is 50.6 Å². The summed E-state index contributed by atoms with van der Waals surface area (Å²) in [5.41, 5.74) is 7.56. The maximum atomic E-state index is 6.39. The van der Waals surface area contributed by atoms with E-state index in [1.807, 2.05) is 12.4 Å². The van der Waals surface area contributed by atoms with Crippen LogP contribution in [0.2, 0.25) is 0 Å². The van der Waals surface area contributed by atoms with Crippen molar-refractivity contribution in [1.29, 1.82) is 0 Å². The molecular formula is C14H21BrN2. The van der Waals surface area contributed by atoms with E-state index in [-0.39, 0.29) is 6.04 Å². The van der Waals surface area contributed by atoms with Gasteiger partial charge in [-0.15, -0.1) is 0 Å². The molecule has 94 valence electrons. The summed E-state index contributed by atoms with van der Waals surface area (Å²) < 4.78 is 1.02. The molecule has 17 heavy (non-hydrogen) atoms. The van der Waals surface area contributed by atoms with Gasteiger partial charge >= 0.3 is 0 Å². The Labute approximate surface area is 112 Å². The van der Waals surface area contributed by atoms with E-state index < -0.39 is 0 Å². The zero-order valence-corrected chi connectivity index (χ0v) is 12.0. The number of rotatable bonds is 3. The molecule has 1 heterocycles. The molecule has 1 aromatic heterocycles. The number of nitrogens with zero attached hydrogens (tertiary/aromatic N) is 1. The maximum Gasteiger partial charge on any atom is 0.0410 e. The first-order valence-corrected chi connectivity index (χ1v) is 7.36. The topological polar surface area (TPSA) is 38.9 Å². The van der Waals surface area contributed by atoms with Gasteiger partial charge in [0.2, 0.25) is 0 Å². The average molecular weight is 297 g/mol. The summed E-state index contributed by atoms with van der Waals surface area (Å²) in [7, 11) is 0. The fourth-order valence-electron chi connectivity index (χ4n) is 2.91. The second-order valence-electron chi connectivity index (χ2n) is 5.16. The molecule has 1 aliphatic carbocycles. The predicted molar refractivity (Wildman–Crippen MR) is 74.6 cm³/mol. The highest BCUT2D eigenvalue weighted by atomic mass is 79.9. The van der Waals surface area contributed by atoms with Crippen LogP contribution in [0.15, 0.2) is 22.9 Å². The molecule has 1 saturated carbocycles. The quantitative estimate of drug-likeness (QED) is 0.913. The number of pyridine rings is 1. The van der Waals surface area contributed by atoms with E-state index >= 15 is 0 Å². The van der Waals surface area contributed by atoms with Gasteiger partial charge in [0, 0.05) is 22.9 Å². The standard InChI is InChI=1S/C14H21BrN2/c1-2-10-4-3-5-11(6-10)14(16)12-7-13(15)9-17-8-12/h7-11,14H,2-6,16H2,1H3. The highest BCUT2D eigenvalue weighted by molar-refractivity contribution is 9.10. The van der Waals surface area contributed by atoms with Crippen LogP contribution in [-0.4, -0.2) is 4.98 Å². The zero-order valence-electron chi connectivity index (χ0n) is 10.4. The van der Waals surface area contributed by atoms with Crippen molar-refractivity contribution in [2.45, 2.75) is 45.1 Å². The molecule has 0 spiro atoms. The van der Waals surface area contributed by atoms with Crippen molar-refractivity contribution in [2.24, 2.45) is 17.6 Å². The third kappa shape index (κ3) is 3.29. The van der Waals surface area contributed by atoms with E-state index in [1.165, 1.54) is 37.7 Å². The highest BCUT2D eigenvalue weighted by Crippen LogP contribution is 2.37. The largest absolute Gasteiger partial charge is 0.324 e. The minimum Gasteiger partial charge on any atom is -0.324 e. The van der Waals surface area contributed by atoms with Gasteiger partial charge in [-0.05, 0) is 52.2 Å². The molecule has 1 aromatic rings. The van der Waals surface area contributed by atoms with Crippen LogP contribution in [-0.2, 0) is 0 Å². The second kappa shape index (κ2) is 5.96. The van der Waals surface area contributed by atoms with Crippen molar-refractivity contribution < 1.29 is 0 Å². The third-order valence-electron chi connectivity index (χ3n) is 4.02. The summed E-state index contributed by atoms with van der Waals surface area (Å²) in [5, 5.41) is 0. The monoisotopic (exact) mass is 296 g/mol. The summed E-state index contributed by atoms with van der Waals surface area (Å²) >= 11 is 3.46. The molecule has 1 fully saturated rings. The van der Waals surface area contributed by atoms with E-state index in [9.17, 15) is 0 Å². The third-order valence-corrected chi connectivity index (χ3v) is 4.45. The SMILES string of the molecule is CCC1CCCC(C(N)c2cncc(Br)c2)C1. The van der Waals surface area contributed by atoms with Crippen LogP contribution in [0, 0.1) is 11.8 Å². The van der Waals surface area contributed by atoms with Gasteiger partial charge in [0.15, 0.2) is 0 Å². The first-order chi connectivity index (χ1) is 8.20. The number of halogens is 1.